The van der Waals surface area contributed by atoms with Gasteiger partial charge in [0.25, 0.3) is 5.56 Å². The molecule has 0 saturated carbocycles. The van der Waals surface area contributed by atoms with Gasteiger partial charge >= 0.3 is 0 Å². The van der Waals surface area contributed by atoms with Gasteiger partial charge in [-0.05, 0) is 24.1 Å². The molecular formula is C10H10N2O. The molecule has 1 N–H and O–H groups in total. The second-order valence-electron chi connectivity index (χ2n) is 2.95. The number of nitrogens with one attached hydrogen (secondary N) is 1. The number of aryl methyl sites for hydroxylation is 1. The molecule has 0 aliphatic carbocycles. The monoisotopic (exact) mass is 174 g/mol. The van der Waals surface area contributed by atoms with E-state index in [9.17, 15) is 4.79 Å². The average Bonchev–Trinajstić information content (AvgIpc) is 2.16. The lowest BCUT2D eigenvalue weighted by Gasteiger charge is -1.98. The fraction of sp³-hybridized carbons (Fsp3) is 0.200. The summed E-state index contributed by atoms with van der Waals surface area (Å²) in [5.74, 6) is 0. The second-order valence-corrected chi connectivity index (χ2v) is 2.95. The number of fused-ring (bicyclic) bond motifs is 1. The molecule has 0 aliphatic heterocycles. The zero-order valence-corrected chi connectivity index (χ0v) is 7.37. The van der Waals surface area contributed by atoms with Crippen molar-refractivity contribution >= 4 is 11.0 Å². The summed E-state index contributed by atoms with van der Waals surface area (Å²) in [6.07, 6.45) is 2.26. The lowest BCUT2D eigenvalue weighted by molar-refractivity contribution is 1.13. The minimum absolute atomic E-state index is 0.152. The third kappa shape index (κ3) is 1.45. The van der Waals surface area contributed by atoms with Crippen molar-refractivity contribution in [1.82, 2.24) is 9.97 Å². The quantitative estimate of drug-likeness (QED) is 0.711. The maximum absolute atomic E-state index is 11.0. The van der Waals surface area contributed by atoms with E-state index in [0.29, 0.717) is 0 Å². The van der Waals surface area contributed by atoms with Crippen LogP contribution in [0.1, 0.15) is 12.5 Å². The number of nitrogens with zero attached hydrogens (tertiary/aromatic N) is 1. The first-order valence-electron chi connectivity index (χ1n) is 4.27. The molecule has 3 nitrogen and oxygen atoms in total. The van der Waals surface area contributed by atoms with E-state index in [1.54, 1.807) is 0 Å². The van der Waals surface area contributed by atoms with E-state index in [0.717, 1.165) is 17.5 Å². The van der Waals surface area contributed by atoms with Crippen LogP contribution in [0, 0.1) is 0 Å². The lowest BCUT2D eigenvalue weighted by atomic mass is 10.1. The summed E-state index contributed by atoms with van der Waals surface area (Å²) < 4.78 is 0. The minimum Gasteiger partial charge on any atom is -0.319 e. The van der Waals surface area contributed by atoms with E-state index in [2.05, 4.69) is 16.9 Å². The van der Waals surface area contributed by atoms with Gasteiger partial charge in [0.2, 0.25) is 0 Å². The summed E-state index contributed by atoms with van der Waals surface area (Å²) >= 11 is 0. The highest BCUT2D eigenvalue weighted by molar-refractivity contribution is 5.74. The van der Waals surface area contributed by atoms with Crippen LogP contribution in [0.5, 0.6) is 0 Å². The van der Waals surface area contributed by atoms with Crippen LogP contribution in [0.3, 0.4) is 0 Å². The first-order chi connectivity index (χ1) is 6.29. The molecule has 1 aromatic heterocycles. The van der Waals surface area contributed by atoms with Crippen LogP contribution in [0.2, 0.25) is 0 Å². The molecule has 0 aliphatic rings. The molecule has 0 unspecified atom stereocenters. The molecule has 2 aromatic rings. The Kier molecular flexibility index (Phi) is 1.85. The van der Waals surface area contributed by atoms with Gasteiger partial charge in [-0.3, -0.25) is 4.79 Å². The van der Waals surface area contributed by atoms with Crippen molar-refractivity contribution in [2.75, 3.05) is 0 Å². The molecule has 0 radical (unpaired) electrons. The topological polar surface area (TPSA) is 45.8 Å². The Bertz CT molecular complexity index is 487. The number of hydrogen-bond donors (Lipinski definition) is 1. The van der Waals surface area contributed by atoms with E-state index in [1.165, 1.54) is 11.8 Å². The molecule has 0 saturated heterocycles. The van der Waals surface area contributed by atoms with Gasteiger partial charge in [-0.15, -0.1) is 0 Å². The predicted octanol–water partition coefficient (Wildman–Crippen LogP) is 1.49. The van der Waals surface area contributed by atoms with Gasteiger partial charge in [-0.2, -0.15) is 0 Å². The first kappa shape index (κ1) is 7.98. The smallest absolute Gasteiger partial charge is 0.266 e. The number of rotatable bonds is 1. The van der Waals surface area contributed by atoms with Crippen LogP contribution in [0.15, 0.2) is 29.2 Å². The first-order valence-corrected chi connectivity index (χ1v) is 4.27. The fourth-order valence-corrected chi connectivity index (χ4v) is 1.31. The fourth-order valence-electron chi connectivity index (χ4n) is 1.31. The Hall–Kier alpha value is -1.64. The molecule has 0 atom stereocenters. The van der Waals surface area contributed by atoms with Gasteiger partial charge in [0, 0.05) is 0 Å². The molecule has 0 amide bonds. The largest absolute Gasteiger partial charge is 0.319 e. The van der Waals surface area contributed by atoms with Gasteiger partial charge in [-0.25, -0.2) is 4.98 Å². The Morgan fingerprint density at radius 1 is 1.46 bits per heavy atom. The van der Waals surface area contributed by atoms with Crippen molar-refractivity contribution in [3.05, 3.63) is 40.3 Å². The Morgan fingerprint density at radius 2 is 2.31 bits per heavy atom. The third-order valence-electron chi connectivity index (χ3n) is 2.05. The number of hydrogen-bond acceptors (Lipinski definition) is 2. The third-order valence-corrected chi connectivity index (χ3v) is 2.05. The van der Waals surface area contributed by atoms with Crippen LogP contribution in [0.25, 0.3) is 11.0 Å². The van der Waals surface area contributed by atoms with Crippen LogP contribution in [-0.4, -0.2) is 9.97 Å². The van der Waals surface area contributed by atoms with Crippen molar-refractivity contribution < 1.29 is 0 Å². The summed E-state index contributed by atoms with van der Waals surface area (Å²) in [6, 6.07) is 5.90. The average molecular weight is 174 g/mol. The molecule has 66 valence electrons. The lowest BCUT2D eigenvalue weighted by Crippen LogP contribution is -2.04. The van der Waals surface area contributed by atoms with Gasteiger partial charge in [-0.1, -0.05) is 13.0 Å². The van der Waals surface area contributed by atoms with Crippen LogP contribution in [-0.2, 0) is 6.42 Å². The van der Waals surface area contributed by atoms with E-state index in [4.69, 9.17) is 0 Å². The van der Waals surface area contributed by atoms with Gasteiger partial charge in [0.15, 0.2) is 0 Å². The molecular weight excluding hydrogens is 164 g/mol. The molecule has 1 heterocycles. The molecule has 3 heteroatoms. The SMILES string of the molecule is CCc1ccc2ncc(=O)[nH]c2c1. The maximum atomic E-state index is 11.0. The summed E-state index contributed by atoms with van der Waals surface area (Å²) in [7, 11) is 0. The van der Waals surface area contributed by atoms with Gasteiger partial charge in [0.05, 0.1) is 17.2 Å². The Morgan fingerprint density at radius 3 is 3.08 bits per heavy atom. The molecule has 0 bridgehead atoms. The highest BCUT2D eigenvalue weighted by Gasteiger charge is 1.96. The second kappa shape index (κ2) is 3.01. The minimum atomic E-state index is -0.152. The van der Waals surface area contributed by atoms with Crippen molar-refractivity contribution in [3.8, 4) is 0 Å². The highest BCUT2D eigenvalue weighted by atomic mass is 16.1. The molecule has 1 aromatic carbocycles. The predicted molar refractivity (Wildman–Crippen MR) is 51.7 cm³/mol. The van der Waals surface area contributed by atoms with Crippen molar-refractivity contribution in [2.45, 2.75) is 13.3 Å². The van der Waals surface area contributed by atoms with Crippen molar-refractivity contribution in [3.63, 3.8) is 0 Å². The normalized spacial score (nSPS) is 10.5. The summed E-state index contributed by atoms with van der Waals surface area (Å²) in [5, 5.41) is 0. The summed E-state index contributed by atoms with van der Waals surface area (Å²) in [4.78, 5) is 17.7. The summed E-state index contributed by atoms with van der Waals surface area (Å²) in [5.41, 5.74) is 2.69. The molecule has 0 fully saturated rings. The molecule has 2 rings (SSSR count). The Balaban J connectivity index is 2.75. The van der Waals surface area contributed by atoms with Gasteiger partial charge in [0.1, 0.15) is 0 Å². The molecule has 13 heavy (non-hydrogen) atoms. The zero-order chi connectivity index (χ0) is 9.26. The van der Waals surface area contributed by atoms with Crippen LogP contribution >= 0.6 is 0 Å². The Labute approximate surface area is 75.4 Å². The number of aromatic amines is 1. The van der Waals surface area contributed by atoms with E-state index >= 15 is 0 Å². The maximum Gasteiger partial charge on any atom is 0.266 e. The number of H-pyrrole nitrogens is 1. The van der Waals surface area contributed by atoms with E-state index in [1.807, 2.05) is 18.2 Å². The van der Waals surface area contributed by atoms with E-state index < -0.39 is 0 Å². The van der Waals surface area contributed by atoms with Crippen LogP contribution in [0.4, 0.5) is 0 Å². The zero-order valence-electron chi connectivity index (χ0n) is 7.37. The van der Waals surface area contributed by atoms with Gasteiger partial charge < -0.3 is 4.98 Å². The highest BCUT2D eigenvalue weighted by Crippen LogP contribution is 2.09. The van der Waals surface area contributed by atoms with Crippen LogP contribution < -0.4 is 5.56 Å². The van der Waals surface area contributed by atoms with E-state index in [-0.39, 0.29) is 5.56 Å². The van der Waals surface area contributed by atoms with Crippen molar-refractivity contribution in [2.24, 2.45) is 0 Å². The number of benzene rings is 1. The molecule has 0 spiro atoms. The standard InChI is InChI=1S/C10H10N2O/c1-2-7-3-4-8-9(5-7)12-10(13)6-11-8/h3-6H,2H2,1H3,(H,12,13). The number of aromatic nitrogens is 2. The van der Waals surface area contributed by atoms with Crippen molar-refractivity contribution in [1.29, 1.82) is 0 Å². The summed E-state index contributed by atoms with van der Waals surface area (Å²) in [6.45, 7) is 2.08.